The molecule has 0 N–H and O–H groups in total. The first kappa shape index (κ1) is 16.7. The molecular formula is C17H27N3O2S. The first-order valence-corrected chi connectivity index (χ1v) is 9.40. The van der Waals surface area contributed by atoms with Gasteiger partial charge in [0.05, 0.1) is 18.8 Å². The quantitative estimate of drug-likeness (QED) is 0.829. The number of carbonyl (C=O) groups excluding carboxylic acids is 1. The highest BCUT2D eigenvalue weighted by Gasteiger charge is 2.28. The minimum absolute atomic E-state index is 0.214. The van der Waals surface area contributed by atoms with E-state index in [4.69, 9.17) is 9.72 Å². The number of likely N-dealkylation sites (tertiary alicyclic amines) is 1. The van der Waals surface area contributed by atoms with Gasteiger partial charge in [0.15, 0.2) is 0 Å². The maximum absolute atomic E-state index is 12.2. The summed E-state index contributed by atoms with van der Waals surface area (Å²) in [5.74, 6) is 0. The highest BCUT2D eigenvalue weighted by molar-refractivity contribution is 7.11. The van der Waals surface area contributed by atoms with Gasteiger partial charge in [0.25, 0.3) is 0 Å². The second-order valence-corrected chi connectivity index (χ2v) is 8.63. The third kappa shape index (κ3) is 4.44. The Morgan fingerprint density at radius 1 is 1.22 bits per heavy atom. The van der Waals surface area contributed by atoms with E-state index >= 15 is 0 Å². The van der Waals surface area contributed by atoms with Crippen molar-refractivity contribution in [2.75, 3.05) is 19.6 Å². The predicted molar refractivity (Wildman–Crippen MR) is 91.6 cm³/mol. The van der Waals surface area contributed by atoms with Crippen molar-refractivity contribution < 1.29 is 9.53 Å². The fraction of sp³-hybridized carbons (Fsp3) is 0.765. The molecule has 0 aromatic carbocycles. The van der Waals surface area contributed by atoms with Crippen molar-refractivity contribution in [3.05, 3.63) is 15.6 Å². The van der Waals surface area contributed by atoms with Crippen LogP contribution in [0.5, 0.6) is 0 Å². The van der Waals surface area contributed by atoms with Gasteiger partial charge in [-0.3, -0.25) is 4.90 Å². The molecule has 0 unspecified atom stereocenters. The molecule has 0 aliphatic carbocycles. The first-order valence-electron chi connectivity index (χ1n) is 8.58. The van der Waals surface area contributed by atoms with Crippen LogP contribution in [0.2, 0.25) is 0 Å². The van der Waals surface area contributed by atoms with Gasteiger partial charge in [-0.1, -0.05) is 6.42 Å². The summed E-state index contributed by atoms with van der Waals surface area (Å²) in [6.45, 7) is 10.4. The average Bonchev–Trinajstić information content (AvgIpc) is 2.87. The molecule has 2 aliphatic heterocycles. The van der Waals surface area contributed by atoms with Crippen molar-refractivity contribution in [2.24, 2.45) is 0 Å². The average molecular weight is 337 g/mol. The molecule has 0 atom stereocenters. The number of aromatic nitrogens is 1. The van der Waals surface area contributed by atoms with E-state index in [1.165, 1.54) is 47.9 Å². The van der Waals surface area contributed by atoms with E-state index in [1.807, 2.05) is 20.8 Å². The lowest BCUT2D eigenvalue weighted by Gasteiger charge is -2.29. The lowest BCUT2D eigenvalue weighted by atomic mass is 10.1. The van der Waals surface area contributed by atoms with Crippen LogP contribution in [0, 0.1) is 0 Å². The molecule has 1 amide bonds. The Bertz CT molecular complexity index is 559. The minimum atomic E-state index is -0.440. The Morgan fingerprint density at radius 3 is 2.65 bits per heavy atom. The number of piperidine rings is 1. The van der Waals surface area contributed by atoms with E-state index in [1.54, 1.807) is 16.2 Å². The van der Waals surface area contributed by atoms with Gasteiger partial charge < -0.3 is 9.64 Å². The van der Waals surface area contributed by atoms with Crippen LogP contribution in [-0.2, 0) is 24.2 Å². The molecule has 0 saturated carbocycles. The third-order valence-corrected chi connectivity index (χ3v) is 5.30. The molecule has 1 saturated heterocycles. The van der Waals surface area contributed by atoms with Crippen molar-refractivity contribution in [1.82, 2.24) is 14.8 Å². The molecule has 6 heteroatoms. The van der Waals surface area contributed by atoms with Crippen LogP contribution in [0.4, 0.5) is 4.79 Å². The molecule has 0 radical (unpaired) electrons. The van der Waals surface area contributed by atoms with E-state index in [0.29, 0.717) is 13.1 Å². The lowest BCUT2D eigenvalue weighted by Crippen LogP contribution is -2.39. The van der Waals surface area contributed by atoms with Gasteiger partial charge in [-0.25, -0.2) is 9.78 Å². The molecule has 1 fully saturated rings. The summed E-state index contributed by atoms with van der Waals surface area (Å²) in [7, 11) is 0. The number of hydrogen-bond acceptors (Lipinski definition) is 5. The van der Waals surface area contributed by atoms with Crippen LogP contribution in [0.25, 0.3) is 0 Å². The van der Waals surface area contributed by atoms with Gasteiger partial charge in [-0.2, -0.15) is 0 Å². The number of amides is 1. The van der Waals surface area contributed by atoms with E-state index in [9.17, 15) is 4.79 Å². The molecule has 1 aromatic rings. The van der Waals surface area contributed by atoms with E-state index < -0.39 is 5.60 Å². The van der Waals surface area contributed by atoms with E-state index in [0.717, 1.165) is 13.0 Å². The molecule has 1 aromatic heterocycles. The highest BCUT2D eigenvalue weighted by Crippen LogP contribution is 2.27. The Hall–Kier alpha value is -1.14. The fourth-order valence-corrected chi connectivity index (χ4v) is 4.28. The van der Waals surface area contributed by atoms with Crippen LogP contribution in [0.15, 0.2) is 0 Å². The fourth-order valence-electron chi connectivity index (χ4n) is 3.11. The molecule has 3 rings (SSSR count). The van der Waals surface area contributed by atoms with Crippen molar-refractivity contribution >= 4 is 17.4 Å². The lowest BCUT2D eigenvalue weighted by molar-refractivity contribution is 0.0225. The van der Waals surface area contributed by atoms with Crippen LogP contribution in [-0.4, -0.2) is 46.1 Å². The normalized spacial score (nSPS) is 19.5. The Morgan fingerprint density at radius 2 is 1.96 bits per heavy atom. The van der Waals surface area contributed by atoms with Gasteiger partial charge >= 0.3 is 6.09 Å². The summed E-state index contributed by atoms with van der Waals surface area (Å²) in [5, 5.41) is 1.20. The van der Waals surface area contributed by atoms with Crippen LogP contribution < -0.4 is 0 Å². The van der Waals surface area contributed by atoms with Gasteiger partial charge in [-0.05, 0) is 46.7 Å². The first-order chi connectivity index (χ1) is 10.9. The number of hydrogen-bond donors (Lipinski definition) is 0. The zero-order chi connectivity index (χ0) is 16.4. The SMILES string of the molecule is CC(C)(C)OC(=O)N1CCc2nc(CN3CCCCC3)sc2C1. The maximum Gasteiger partial charge on any atom is 0.410 e. The van der Waals surface area contributed by atoms with Gasteiger partial charge in [-0.15, -0.1) is 11.3 Å². The summed E-state index contributed by atoms with van der Waals surface area (Å²) in [6, 6.07) is 0. The van der Waals surface area contributed by atoms with Gasteiger partial charge in [0.2, 0.25) is 0 Å². The monoisotopic (exact) mass is 337 g/mol. The highest BCUT2D eigenvalue weighted by atomic mass is 32.1. The Kier molecular flexibility index (Phi) is 4.92. The molecule has 5 nitrogen and oxygen atoms in total. The minimum Gasteiger partial charge on any atom is -0.444 e. The second-order valence-electron chi connectivity index (χ2n) is 7.47. The van der Waals surface area contributed by atoms with Gasteiger partial charge in [0.1, 0.15) is 10.6 Å². The summed E-state index contributed by atoms with van der Waals surface area (Å²) in [4.78, 5) is 22.6. The number of carbonyl (C=O) groups is 1. The molecule has 0 bridgehead atoms. The van der Waals surface area contributed by atoms with E-state index in [2.05, 4.69) is 4.90 Å². The summed E-state index contributed by atoms with van der Waals surface area (Å²) >= 11 is 1.77. The predicted octanol–water partition coefficient (Wildman–Crippen LogP) is 3.42. The molecule has 128 valence electrons. The Labute approximate surface area is 142 Å². The zero-order valence-electron chi connectivity index (χ0n) is 14.4. The number of thiazole rings is 1. The molecule has 2 aliphatic rings. The zero-order valence-corrected chi connectivity index (χ0v) is 15.2. The third-order valence-electron chi connectivity index (χ3n) is 4.23. The van der Waals surface area contributed by atoms with Crippen molar-refractivity contribution in [3.63, 3.8) is 0 Å². The molecule has 3 heterocycles. The number of fused-ring (bicyclic) bond motifs is 1. The van der Waals surface area contributed by atoms with Crippen molar-refractivity contribution in [1.29, 1.82) is 0 Å². The van der Waals surface area contributed by atoms with Crippen LogP contribution in [0.1, 0.15) is 55.6 Å². The number of rotatable bonds is 2. The van der Waals surface area contributed by atoms with Crippen LogP contribution >= 0.6 is 11.3 Å². The number of ether oxygens (including phenoxy) is 1. The smallest absolute Gasteiger partial charge is 0.410 e. The van der Waals surface area contributed by atoms with Crippen molar-refractivity contribution in [3.8, 4) is 0 Å². The maximum atomic E-state index is 12.2. The molecule has 0 spiro atoms. The summed E-state index contributed by atoms with van der Waals surface area (Å²) < 4.78 is 5.48. The van der Waals surface area contributed by atoms with Crippen molar-refractivity contribution in [2.45, 2.75) is 65.1 Å². The Balaban J connectivity index is 1.61. The molecular weight excluding hydrogens is 310 g/mol. The molecule has 23 heavy (non-hydrogen) atoms. The largest absolute Gasteiger partial charge is 0.444 e. The topological polar surface area (TPSA) is 45.7 Å². The van der Waals surface area contributed by atoms with E-state index in [-0.39, 0.29) is 6.09 Å². The summed E-state index contributed by atoms with van der Waals surface area (Å²) in [6.07, 6.45) is 4.59. The van der Waals surface area contributed by atoms with Crippen LogP contribution in [0.3, 0.4) is 0 Å². The summed E-state index contributed by atoms with van der Waals surface area (Å²) in [5.41, 5.74) is 0.742. The number of nitrogens with zero attached hydrogens (tertiary/aromatic N) is 3. The standard InChI is InChI=1S/C17H27N3O2S/c1-17(2,3)22-16(21)20-10-7-13-14(11-20)23-15(18-13)12-19-8-5-4-6-9-19/h4-12H2,1-3H3. The second kappa shape index (κ2) is 6.77. The van der Waals surface area contributed by atoms with Gasteiger partial charge in [0, 0.05) is 17.8 Å².